The van der Waals surface area contributed by atoms with Gasteiger partial charge in [-0.15, -0.1) is 0 Å². The van der Waals surface area contributed by atoms with E-state index in [0.29, 0.717) is 6.54 Å². The molecule has 0 atom stereocenters. The van der Waals surface area contributed by atoms with E-state index >= 15 is 0 Å². The summed E-state index contributed by atoms with van der Waals surface area (Å²) in [5, 5.41) is 11.2. The first kappa shape index (κ1) is 21.9. The number of rotatable bonds is 7. The fraction of sp³-hybridized carbons (Fsp3) is 0.350. The van der Waals surface area contributed by atoms with E-state index in [1.165, 1.54) is 28.6 Å². The number of para-hydroxylation sites is 1. The Morgan fingerprint density at radius 2 is 1.63 bits per heavy atom. The summed E-state index contributed by atoms with van der Waals surface area (Å²) in [4.78, 5) is 26.3. The van der Waals surface area contributed by atoms with Gasteiger partial charge >= 0.3 is 0 Å². The van der Waals surface area contributed by atoms with E-state index in [2.05, 4.69) is 0 Å². The molecular weight excluding hydrogens is 408 g/mol. The second-order valence-electron chi connectivity index (χ2n) is 7.17. The first-order chi connectivity index (χ1) is 14.3. The van der Waals surface area contributed by atoms with Crippen LogP contribution in [0.1, 0.15) is 5.56 Å². The van der Waals surface area contributed by atoms with Gasteiger partial charge in [-0.25, -0.2) is 8.42 Å². The topological polar surface area (TPSA) is 104 Å². The van der Waals surface area contributed by atoms with Crippen LogP contribution in [0.15, 0.2) is 59.5 Å². The zero-order valence-electron chi connectivity index (χ0n) is 16.7. The zero-order chi connectivity index (χ0) is 21.7. The fourth-order valence-electron chi connectivity index (χ4n) is 3.42. The molecule has 0 spiro atoms. The van der Waals surface area contributed by atoms with Crippen molar-refractivity contribution in [2.75, 3.05) is 39.8 Å². The minimum absolute atomic E-state index is 0.0730. The maximum atomic E-state index is 12.9. The highest BCUT2D eigenvalue weighted by atomic mass is 32.2. The quantitative estimate of drug-likeness (QED) is 0.486. The molecule has 0 aliphatic carbocycles. The van der Waals surface area contributed by atoms with Crippen molar-refractivity contribution in [3.05, 3.63) is 70.3 Å². The molecule has 3 rings (SSSR count). The number of carbonyl (C=O) groups is 1. The Balaban J connectivity index is 1.59. The molecule has 1 amide bonds. The molecule has 160 valence electrons. The average Bonchev–Trinajstić information content (AvgIpc) is 2.74. The summed E-state index contributed by atoms with van der Waals surface area (Å²) in [5.41, 5.74) is 0.659. The van der Waals surface area contributed by atoms with Gasteiger partial charge in [0.25, 0.3) is 5.69 Å². The molecule has 0 radical (unpaired) electrons. The van der Waals surface area contributed by atoms with E-state index < -0.39 is 20.6 Å². The third-order valence-electron chi connectivity index (χ3n) is 4.97. The molecule has 1 saturated heterocycles. The molecule has 1 aliphatic heterocycles. The highest BCUT2D eigenvalue weighted by Gasteiger charge is 2.34. The highest BCUT2D eigenvalue weighted by Crippen LogP contribution is 2.26. The molecule has 2 aromatic carbocycles. The van der Waals surface area contributed by atoms with Crippen LogP contribution in [0.2, 0.25) is 0 Å². The van der Waals surface area contributed by atoms with Crippen LogP contribution in [0.3, 0.4) is 0 Å². The van der Waals surface area contributed by atoms with Gasteiger partial charge < -0.3 is 4.90 Å². The number of hydrogen-bond acceptors (Lipinski definition) is 6. The Hall–Kier alpha value is -2.82. The minimum atomic E-state index is -4.01. The van der Waals surface area contributed by atoms with E-state index in [1.54, 1.807) is 4.90 Å². The Bertz CT molecular complexity index is 1000. The smallest absolute Gasteiger partial charge is 0.289 e. The molecule has 10 heteroatoms. The average molecular weight is 433 g/mol. The molecule has 0 saturated carbocycles. The van der Waals surface area contributed by atoms with Crippen LogP contribution in [-0.2, 0) is 21.4 Å². The molecule has 30 heavy (non-hydrogen) atoms. The van der Waals surface area contributed by atoms with E-state index in [-0.39, 0.29) is 43.5 Å². The van der Waals surface area contributed by atoms with Crippen molar-refractivity contribution in [1.82, 2.24) is 14.1 Å². The number of amides is 1. The van der Waals surface area contributed by atoms with Gasteiger partial charge in [0.1, 0.15) is 0 Å². The predicted molar refractivity (Wildman–Crippen MR) is 111 cm³/mol. The van der Waals surface area contributed by atoms with Gasteiger partial charge in [-0.2, -0.15) is 4.31 Å². The summed E-state index contributed by atoms with van der Waals surface area (Å²) in [6.45, 7) is 1.56. The highest BCUT2D eigenvalue weighted by molar-refractivity contribution is 7.89. The Morgan fingerprint density at radius 1 is 1.03 bits per heavy atom. The van der Waals surface area contributed by atoms with E-state index in [4.69, 9.17) is 0 Å². The van der Waals surface area contributed by atoms with Crippen molar-refractivity contribution >= 4 is 21.6 Å². The molecule has 9 nitrogen and oxygen atoms in total. The number of benzene rings is 2. The normalized spacial score (nSPS) is 15.3. The van der Waals surface area contributed by atoms with Crippen molar-refractivity contribution in [1.29, 1.82) is 0 Å². The lowest BCUT2D eigenvalue weighted by Gasteiger charge is -2.34. The van der Waals surface area contributed by atoms with Crippen molar-refractivity contribution in [3.63, 3.8) is 0 Å². The molecule has 1 heterocycles. The molecule has 0 N–H and O–H groups in total. The lowest BCUT2D eigenvalue weighted by Crippen LogP contribution is -2.52. The molecule has 0 unspecified atom stereocenters. The van der Waals surface area contributed by atoms with Gasteiger partial charge in [0.05, 0.1) is 11.5 Å². The number of nitro groups is 1. The number of nitrogens with zero attached hydrogens (tertiary/aromatic N) is 4. The second kappa shape index (κ2) is 9.33. The maximum Gasteiger partial charge on any atom is 0.289 e. The third-order valence-corrected chi connectivity index (χ3v) is 6.92. The maximum absolute atomic E-state index is 12.9. The first-order valence-electron chi connectivity index (χ1n) is 9.53. The molecule has 0 aromatic heterocycles. The zero-order valence-corrected chi connectivity index (χ0v) is 17.5. The predicted octanol–water partition coefficient (Wildman–Crippen LogP) is 1.56. The molecule has 1 fully saturated rings. The van der Waals surface area contributed by atoms with Crippen molar-refractivity contribution in [2.24, 2.45) is 0 Å². The van der Waals surface area contributed by atoms with Gasteiger partial charge in [-0.1, -0.05) is 42.5 Å². The van der Waals surface area contributed by atoms with Gasteiger partial charge in [0.2, 0.25) is 15.9 Å². The molecule has 2 aromatic rings. The van der Waals surface area contributed by atoms with Crippen LogP contribution in [0, 0.1) is 10.1 Å². The lowest BCUT2D eigenvalue weighted by molar-refractivity contribution is -0.387. The summed E-state index contributed by atoms with van der Waals surface area (Å²) in [6, 6.07) is 15.1. The van der Waals surface area contributed by atoms with Crippen LogP contribution in [0.4, 0.5) is 5.69 Å². The third kappa shape index (κ3) is 5.02. The van der Waals surface area contributed by atoms with Crippen molar-refractivity contribution in [2.45, 2.75) is 11.4 Å². The molecule has 1 aliphatic rings. The van der Waals surface area contributed by atoms with E-state index in [1.807, 2.05) is 42.3 Å². The number of carbonyl (C=O) groups excluding carboxylic acids is 1. The standard InChI is InChI=1S/C20H24N4O5S/c1-21(15-17-7-3-2-4-8-17)16-20(25)22-11-13-23(14-12-22)30(28,29)19-10-6-5-9-18(19)24(26)27/h2-10H,11-16H2,1H3. The van der Waals surface area contributed by atoms with E-state index in [0.717, 1.165) is 5.56 Å². The Morgan fingerprint density at radius 3 is 2.27 bits per heavy atom. The molecular formula is C20H24N4O5S. The number of piperazine rings is 1. The van der Waals surface area contributed by atoms with Gasteiger partial charge in [-0.05, 0) is 18.7 Å². The lowest BCUT2D eigenvalue weighted by atomic mass is 10.2. The fourth-order valence-corrected chi connectivity index (χ4v) is 5.00. The molecule has 0 bridgehead atoms. The summed E-state index contributed by atoms with van der Waals surface area (Å²) < 4.78 is 27.0. The van der Waals surface area contributed by atoms with Gasteiger partial charge in [0, 0.05) is 38.8 Å². The van der Waals surface area contributed by atoms with Crippen LogP contribution < -0.4 is 0 Å². The van der Waals surface area contributed by atoms with E-state index in [9.17, 15) is 23.3 Å². The van der Waals surface area contributed by atoms with Crippen LogP contribution >= 0.6 is 0 Å². The minimum Gasteiger partial charge on any atom is -0.339 e. The van der Waals surface area contributed by atoms with Crippen molar-refractivity contribution < 1.29 is 18.1 Å². The van der Waals surface area contributed by atoms with Gasteiger partial charge in [0.15, 0.2) is 4.90 Å². The summed E-state index contributed by atoms with van der Waals surface area (Å²) in [6.07, 6.45) is 0. The number of nitro benzene ring substituents is 1. The van der Waals surface area contributed by atoms with Crippen LogP contribution in [0.25, 0.3) is 0 Å². The summed E-state index contributed by atoms with van der Waals surface area (Å²) in [7, 11) is -2.15. The van der Waals surface area contributed by atoms with Crippen LogP contribution in [-0.4, -0.2) is 73.1 Å². The number of likely N-dealkylation sites (N-methyl/N-ethyl adjacent to an activating group) is 1. The van der Waals surface area contributed by atoms with Gasteiger partial charge in [-0.3, -0.25) is 19.8 Å². The number of hydrogen-bond donors (Lipinski definition) is 0. The van der Waals surface area contributed by atoms with Crippen LogP contribution in [0.5, 0.6) is 0 Å². The SMILES string of the molecule is CN(CC(=O)N1CCN(S(=O)(=O)c2ccccc2[N+](=O)[O-])CC1)Cc1ccccc1. The summed E-state index contributed by atoms with van der Waals surface area (Å²) in [5.74, 6) is -0.0730. The summed E-state index contributed by atoms with van der Waals surface area (Å²) >= 11 is 0. The Labute approximate surface area is 175 Å². The van der Waals surface area contributed by atoms with Crippen molar-refractivity contribution in [3.8, 4) is 0 Å². The monoisotopic (exact) mass is 432 g/mol. The largest absolute Gasteiger partial charge is 0.339 e. The first-order valence-corrected chi connectivity index (χ1v) is 11.0. The second-order valence-corrected chi connectivity index (χ2v) is 9.07. The Kier molecular flexibility index (Phi) is 6.80. The number of sulfonamides is 1.